The molecule has 2 bridgehead atoms. The maximum atomic E-state index is 13.2. The van der Waals surface area contributed by atoms with E-state index in [0.29, 0.717) is 44.9 Å². The molecule has 2 aromatic carbocycles. The first kappa shape index (κ1) is 22.7. The van der Waals surface area contributed by atoms with Crippen LogP contribution in [0.3, 0.4) is 0 Å². The molecule has 5 rings (SSSR count). The first-order valence-corrected chi connectivity index (χ1v) is 11.8. The number of ether oxygens (including phenoxy) is 2. The Kier molecular flexibility index (Phi) is 7.10. The normalized spacial score (nSPS) is 14.3. The molecule has 1 aliphatic rings. The summed E-state index contributed by atoms with van der Waals surface area (Å²) in [6, 6.07) is 22.2. The molecule has 2 aromatic heterocycles. The van der Waals surface area contributed by atoms with Crippen molar-refractivity contribution in [3.8, 4) is 16.9 Å². The Morgan fingerprint density at radius 2 is 1.66 bits per heavy atom. The summed E-state index contributed by atoms with van der Waals surface area (Å²) < 4.78 is 11.9. The van der Waals surface area contributed by atoms with Gasteiger partial charge in [0, 0.05) is 49.9 Å². The highest BCUT2D eigenvalue weighted by Gasteiger charge is 2.17. The number of amides is 1. The molecule has 0 atom stereocenters. The Morgan fingerprint density at radius 3 is 2.49 bits per heavy atom. The van der Waals surface area contributed by atoms with Crippen LogP contribution < -0.4 is 4.74 Å². The second-order valence-corrected chi connectivity index (χ2v) is 8.49. The molecule has 0 saturated carbocycles. The van der Waals surface area contributed by atoms with E-state index in [0.717, 1.165) is 33.6 Å². The van der Waals surface area contributed by atoms with Crippen LogP contribution in [0.5, 0.6) is 5.75 Å². The molecule has 176 valence electrons. The number of hydrogen-bond donors (Lipinski definition) is 0. The number of carbonyl (C=O) groups excluding carboxylic acids is 1. The van der Waals surface area contributed by atoms with E-state index in [1.807, 2.05) is 29.3 Å². The lowest BCUT2D eigenvalue weighted by Gasteiger charge is -2.24. The highest BCUT2D eigenvalue weighted by molar-refractivity contribution is 5.93. The SMILES string of the molecule is O=C(c1cccnc1)N1CCOCCOc2ccc(-c3cccnc3)cc2Cc2cccc(c2)C1. The first-order chi connectivity index (χ1) is 17.3. The molecule has 0 saturated heterocycles. The number of hydrogen-bond acceptors (Lipinski definition) is 5. The van der Waals surface area contributed by atoms with Gasteiger partial charge in [-0.25, -0.2) is 0 Å². The summed E-state index contributed by atoms with van der Waals surface area (Å²) in [5.74, 6) is 0.805. The molecular formula is C29H27N3O3. The minimum atomic E-state index is -0.0538. The molecule has 1 amide bonds. The number of rotatable bonds is 2. The van der Waals surface area contributed by atoms with Gasteiger partial charge in [0.1, 0.15) is 12.4 Å². The van der Waals surface area contributed by atoms with Crippen molar-refractivity contribution in [1.29, 1.82) is 0 Å². The summed E-state index contributed by atoms with van der Waals surface area (Å²) in [6.07, 6.45) is 7.64. The lowest BCUT2D eigenvalue weighted by Crippen LogP contribution is -2.34. The first-order valence-electron chi connectivity index (χ1n) is 11.8. The monoisotopic (exact) mass is 465 g/mol. The molecule has 6 heteroatoms. The van der Waals surface area contributed by atoms with Crippen LogP contribution in [0.4, 0.5) is 0 Å². The van der Waals surface area contributed by atoms with Crippen molar-refractivity contribution in [1.82, 2.24) is 14.9 Å². The van der Waals surface area contributed by atoms with E-state index in [1.54, 1.807) is 30.7 Å². The van der Waals surface area contributed by atoms with Crippen LogP contribution in [0.15, 0.2) is 91.5 Å². The van der Waals surface area contributed by atoms with E-state index in [1.165, 1.54) is 0 Å². The topological polar surface area (TPSA) is 64.6 Å². The largest absolute Gasteiger partial charge is 0.491 e. The van der Waals surface area contributed by atoms with Crippen molar-refractivity contribution in [2.45, 2.75) is 13.0 Å². The number of benzene rings is 2. The van der Waals surface area contributed by atoms with Crippen molar-refractivity contribution in [3.63, 3.8) is 0 Å². The fourth-order valence-electron chi connectivity index (χ4n) is 4.26. The second kappa shape index (κ2) is 10.9. The minimum Gasteiger partial charge on any atom is -0.491 e. The molecule has 0 radical (unpaired) electrons. The highest BCUT2D eigenvalue weighted by Crippen LogP contribution is 2.29. The molecule has 0 N–H and O–H groups in total. The van der Waals surface area contributed by atoms with Crippen LogP contribution in [-0.4, -0.2) is 47.1 Å². The third-order valence-electron chi connectivity index (χ3n) is 6.00. The van der Waals surface area contributed by atoms with Gasteiger partial charge in [0.2, 0.25) is 0 Å². The summed E-state index contributed by atoms with van der Waals surface area (Å²) in [6.45, 7) is 2.31. The Labute approximate surface area is 205 Å². The van der Waals surface area contributed by atoms with Crippen LogP contribution in [0.2, 0.25) is 0 Å². The van der Waals surface area contributed by atoms with E-state index in [2.05, 4.69) is 46.4 Å². The van der Waals surface area contributed by atoms with Crippen molar-refractivity contribution >= 4 is 5.91 Å². The van der Waals surface area contributed by atoms with Crippen LogP contribution >= 0.6 is 0 Å². The Balaban J connectivity index is 1.45. The second-order valence-electron chi connectivity index (χ2n) is 8.49. The van der Waals surface area contributed by atoms with Crippen molar-refractivity contribution in [2.24, 2.45) is 0 Å². The van der Waals surface area contributed by atoms with Crippen molar-refractivity contribution in [3.05, 3.63) is 114 Å². The minimum absolute atomic E-state index is 0.0538. The lowest BCUT2D eigenvalue weighted by molar-refractivity contribution is 0.0571. The zero-order chi connectivity index (χ0) is 23.9. The van der Waals surface area contributed by atoms with E-state index >= 15 is 0 Å². The summed E-state index contributed by atoms with van der Waals surface area (Å²) >= 11 is 0. The smallest absolute Gasteiger partial charge is 0.255 e. The standard InChI is InChI=1S/C29H27N3O3/c33-29(26-7-3-11-31-20-26)32-12-13-34-14-15-35-28-9-8-24(25-6-2-10-30-19-25)18-27(28)17-22-4-1-5-23(16-22)21-32/h1-11,16,18-20H,12-15,17,21H2. The summed E-state index contributed by atoms with van der Waals surface area (Å²) in [4.78, 5) is 23.3. The van der Waals surface area contributed by atoms with Crippen molar-refractivity contribution in [2.75, 3.05) is 26.4 Å². The Hall–Kier alpha value is -4.03. The van der Waals surface area contributed by atoms with E-state index in [9.17, 15) is 4.79 Å². The molecule has 0 fully saturated rings. The van der Waals surface area contributed by atoms with E-state index < -0.39 is 0 Å². The van der Waals surface area contributed by atoms with Gasteiger partial charge in [-0.15, -0.1) is 0 Å². The van der Waals surface area contributed by atoms with Crippen LogP contribution in [0, 0.1) is 0 Å². The summed E-state index contributed by atoms with van der Waals surface area (Å²) in [5, 5.41) is 0. The number of nitrogens with zero attached hydrogens (tertiary/aromatic N) is 3. The summed E-state index contributed by atoms with van der Waals surface area (Å²) in [7, 11) is 0. The highest BCUT2D eigenvalue weighted by atomic mass is 16.5. The van der Waals surface area contributed by atoms with Crippen LogP contribution in [0.25, 0.3) is 11.1 Å². The molecule has 0 aliphatic carbocycles. The molecule has 4 aromatic rings. The third-order valence-corrected chi connectivity index (χ3v) is 6.00. The average Bonchev–Trinajstić information content (AvgIpc) is 2.91. The number of fused-ring (bicyclic) bond motifs is 3. The Morgan fingerprint density at radius 1 is 0.800 bits per heavy atom. The van der Waals surface area contributed by atoms with Gasteiger partial charge in [-0.2, -0.15) is 0 Å². The molecule has 6 nitrogen and oxygen atoms in total. The molecule has 0 spiro atoms. The zero-order valence-electron chi connectivity index (χ0n) is 19.5. The van der Waals surface area contributed by atoms with Gasteiger partial charge < -0.3 is 14.4 Å². The van der Waals surface area contributed by atoms with Crippen LogP contribution in [-0.2, 0) is 17.7 Å². The number of aromatic nitrogens is 2. The fraction of sp³-hybridized carbons (Fsp3) is 0.207. The Bertz CT molecular complexity index is 1280. The maximum absolute atomic E-state index is 13.2. The molecule has 1 aliphatic heterocycles. The van der Waals surface area contributed by atoms with Gasteiger partial charge in [-0.3, -0.25) is 14.8 Å². The number of carbonyl (C=O) groups is 1. The van der Waals surface area contributed by atoms with Gasteiger partial charge in [-0.1, -0.05) is 36.4 Å². The zero-order valence-corrected chi connectivity index (χ0v) is 19.5. The maximum Gasteiger partial charge on any atom is 0.255 e. The molecule has 35 heavy (non-hydrogen) atoms. The van der Waals surface area contributed by atoms with Gasteiger partial charge in [0.15, 0.2) is 0 Å². The van der Waals surface area contributed by atoms with Gasteiger partial charge in [0.05, 0.1) is 18.8 Å². The predicted octanol–water partition coefficient (Wildman–Crippen LogP) is 4.79. The molecule has 0 unspecified atom stereocenters. The summed E-state index contributed by atoms with van der Waals surface area (Å²) in [5.41, 5.74) is 6.08. The predicted molar refractivity (Wildman–Crippen MR) is 134 cm³/mol. The fourth-order valence-corrected chi connectivity index (χ4v) is 4.26. The third kappa shape index (κ3) is 5.73. The molecular weight excluding hydrogens is 438 g/mol. The van der Waals surface area contributed by atoms with E-state index in [-0.39, 0.29) is 5.91 Å². The van der Waals surface area contributed by atoms with Gasteiger partial charge in [0.25, 0.3) is 5.91 Å². The van der Waals surface area contributed by atoms with Crippen molar-refractivity contribution < 1.29 is 14.3 Å². The lowest BCUT2D eigenvalue weighted by atomic mass is 9.98. The van der Waals surface area contributed by atoms with E-state index in [4.69, 9.17) is 9.47 Å². The quantitative estimate of drug-likeness (QED) is 0.426. The van der Waals surface area contributed by atoms with Crippen LogP contribution in [0.1, 0.15) is 27.0 Å². The van der Waals surface area contributed by atoms with Gasteiger partial charge >= 0.3 is 0 Å². The molecule has 3 heterocycles. The average molecular weight is 466 g/mol. The number of pyridine rings is 2. The van der Waals surface area contributed by atoms with Gasteiger partial charge in [-0.05, 0) is 52.6 Å².